The van der Waals surface area contributed by atoms with Gasteiger partial charge in [0.05, 0.1) is 19.8 Å². The average molecular weight is 294 g/mol. The number of hydrogen-bond donors (Lipinski definition) is 1. The van der Waals surface area contributed by atoms with E-state index < -0.39 is 11.7 Å². The number of methoxy groups -OCH3 is 3. The molecule has 3 atom stereocenters. The van der Waals surface area contributed by atoms with Crippen LogP contribution < -0.4 is 9.47 Å². The van der Waals surface area contributed by atoms with Gasteiger partial charge < -0.3 is 19.3 Å². The van der Waals surface area contributed by atoms with Crippen LogP contribution in [0.1, 0.15) is 44.3 Å². The summed E-state index contributed by atoms with van der Waals surface area (Å²) in [5.74, 6) is 1.90. The normalized spacial score (nSPS) is 27.2. The predicted octanol–water partition coefficient (Wildman–Crippen LogP) is 3.33. The predicted molar refractivity (Wildman–Crippen MR) is 81.9 cm³/mol. The van der Waals surface area contributed by atoms with Crippen LogP contribution in [0, 0.1) is 5.92 Å². The van der Waals surface area contributed by atoms with Gasteiger partial charge in [-0.05, 0) is 30.9 Å². The third-order valence-corrected chi connectivity index (χ3v) is 4.63. The van der Waals surface area contributed by atoms with Crippen molar-refractivity contribution in [3.63, 3.8) is 0 Å². The minimum atomic E-state index is -0.703. The van der Waals surface area contributed by atoms with E-state index in [1.165, 1.54) is 6.42 Å². The van der Waals surface area contributed by atoms with Crippen molar-refractivity contribution < 1.29 is 19.3 Å². The maximum absolute atomic E-state index is 10.9. The second-order valence-electron chi connectivity index (χ2n) is 5.98. The van der Waals surface area contributed by atoms with Gasteiger partial charge in [-0.25, -0.2) is 0 Å². The van der Waals surface area contributed by atoms with E-state index in [9.17, 15) is 5.11 Å². The first kappa shape index (κ1) is 16.1. The van der Waals surface area contributed by atoms with Gasteiger partial charge in [0.25, 0.3) is 0 Å². The molecule has 21 heavy (non-hydrogen) atoms. The summed E-state index contributed by atoms with van der Waals surface area (Å²) in [6.45, 7) is 2.21. The number of hydrogen-bond acceptors (Lipinski definition) is 4. The van der Waals surface area contributed by atoms with E-state index in [0.717, 1.165) is 24.8 Å². The molecular weight excluding hydrogens is 268 g/mol. The van der Waals surface area contributed by atoms with E-state index >= 15 is 0 Å². The molecule has 3 unspecified atom stereocenters. The Hall–Kier alpha value is -1.26. The third kappa shape index (κ3) is 3.16. The Morgan fingerprint density at radius 2 is 2.00 bits per heavy atom. The Balaban J connectivity index is 2.35. The lowest BCUT2D eigenvalue weighted by Gasteiger charge is -2.42. The molecule has 1 aliphatic carbocycles. The molecule has 4 heteroatoms. The molecule has 1 fully saturated rings. The highest BCUT2D eigenvalue weighted by Crippen LogP contribution is 2.45. The third-order valence-electron chi connectivity index (χ3n) is 4.63. The zero-order valence-electron chi connectivity index (χ0n) is 13.4. The summed E-state index contributed by atoms with van der Waals surface area (Å²) < 4.78 is 16.4. The van der Waals surface area contributed by atoms with E-state index in [1.807, 2.05) is 12.1 Å². The van der Waals surface area contributed by atoms with Crippen molar-refractivity contribution in [1.82, 2.24) is 0 Å². The highest BCUT2D eigenvalue weighted by molar-refractivity contribution is 5.43. The zero-order chi connectivity index (χ0) is 15.5. The van der Waals surface area contributed by atoms with Gasteiger partial charge in [0, 0.05) is 18.7 Å². The molecule has 2 rings (SSSR count). The summed E-state index contributed by atoms with van der Waals surface area (Å²) in [5, 5.41) is 10.9. The van der Waals surface area contributed by atoms with Crippen molar-refractivity contribution in [1.29, 1.82) is 0 Å². The fourth-order valence-electron chi connectivity index (χ4n) is 3.42. The topological polar surface area (TPSA) is 47.9 Å². The maximum Gasteiger partial charge on any atom is 0.128 e. The average Bonchev–Trinajstić information content (AvgIpc) is 2.53. The van der Waals surface area contributed by atoms with E-state index in [0.29, 0.717) is 17.4 Å². The summed E-state index contributed by atoms with van der Waals surface area (Å²) in [5.41, 5.74) is 0.230. The van der Waals surface area contributed by atoms with Gasteiger partial charge in [-0.15, -0.1) is 0 Å². The first-order valence-electron chi connectivity index (χ1n) is 7.51. The van der Waals surface area contributed by atoms with Crippen molar-refractivity contribution >= 4 is 0 Å². The number of aliphatic hydroxyl groups excluding tert-OH is 1. The molecule has 1 aromatic rings. The lowest BCUT2D eigenvalue weighted by atomic mass is 9.74. The fraction of sp³-hybridized carbons (Fsp3) is 0.647. The SMILES string of the molecule is COc1ccc(C(O)C2(OC)CCCC(C)C2)c(OC)c1. The van der Waals surface area contributed by atoms with Crippen LogP contribution in [-0.2, 0) is 4.74 Å². The summed E-state index contributed by atoms with van der Waals surface area (Å²) in [6.07, 6.45) is 3.29. The molecule has 0 spiro atoms. The van der Waals surface area contributed by atoms with Crippen LogP contribution in [-0.4, -0.2) is 32.0 Å². The molecule has 0 saturated heterocycles. The molecule has 0 heterocycles. The summed E-state index contributed by atoms with van der Waals surface area (Å²) >= 11 is 0. The fourth-order valence-corrected chi connectivity index (χ4v) is 3.42. The molecule has 1 aromatic carbocycles. The molecule has 0 aromatic heterocycles. The molecule has 1 aliphatic rings. The lowest BCUT2D eigenvalue weighted by molar-refractivity contribution is -0.134. The molecule has 0 bridgehead atoms. The zero-order valence-corrected chi connectivity index (χ0v) is 13.4. The largest absolute Gasteiger partial charge is 0.497 e. The quantitative estimate of drug-likeness (QED) is 0.905. The standard InChI is InChI=1S/C17H26O4/c1-12-6-5-9-17(11-12,21-4)16(18)14-8-7-13(19-2)10-15(14)20-3/h7-8,10,12,16,18H,5-6,9,11H2,1-4H3. The Morgan fingerprint density at radius 3 is 2.57 bits per heavy atom. The maximum atomic E-state index is 10.9. The van der Waals surface area contributed by atoms with Gasteiger partial charge in [0.1, 0.15) is 17.6 Å². The first-order valence-corrected chi connectivity index (χ1v) is 7.51. The van der Waals surface area contributed by atoms with Crippen molar-refractivity contribution in [3.05, 3.63) is 23.8 Å². The van der Waals surface area contributed by atoms with Crippen molar-refractivity contribution in [2.45, 2.75) is 44.3 Å². The molecule has 4 nitrogen and oxygen atoms in total. The van der Waals surface area contributed by atoms with Gasteiger partial charge in [-0.2, -0.15) is 0 Å². The Kier molecular flexibility index (Phi) is 5.12. The summed E-state index contributed by atoms with van der Waals surface area (Å²) in [6, 6.07) is 5.51. The van der Waals surface area contributed by atoms with Crippen LogP contribution in [0.25, 0.3) is 0 Å². The van der Waals surface area contributed by atoms with E-state index in [2.05, 4.69) is 6.92 Å². The van der Waals surface area contributed by atoms with Crippen molar-refractivity contribution in [2.75, 3.05) is 21.3 Å². The van der Waals surface area contributed by atoms with Gasteiger partial charge in [0.15, 0.2) is 0 Å². The molecule has 1 saturated carbocycles. The van der Waals surface area contributed by atoms with Gasteiger partial charge >= 0.3 is 0 Å². The first-order chi connectivity index (χ1) is 10.1. The number of ether oxygens (including phenoxy) is 3. The van der Waals surface area contributed by atoms with Crippen LogP contribution in [0.3, 0.4) is 0 Å². The van der Waals surface area contributed by atoms with Crippen LogP contribution in [0.2, 0.25) is 0 Å². The highest BCUT2D eigenvalue weighted by Gasteiger charge is 2.43. The van der Waals surface area contributed by atoms with Crippen LogP contribution >= 0.6 is 0 Å². The molecule has 118 valence electrons. The number of rotatable bonds is 5. The van der Waals surface area contributed by atoms with Crippen molar-refractivity contribution in [3.8, 4) is 11.5 Å². The monoisotopic (exact) mass is 294 g/mol. The lowest BCUT2D eigenvalue weighted by Crippen LogP contribution is -2.42. The van der Waals surface area contributed by atoms with Crippen LogP contribution in [0.5, 0.6) is 11.5 Å². The second kappa shape index (κ2) is 6.67. The Morgan fingerprint density at radius 1 is 1.24 bits per heavy atom. The summed E-state index contributed by atoms with van der Waals surface area (Å²) in [4.78, 5) is 0. The van der Waals surface area contributed by atoms with Crippen molar-refractivity contribution in [2.24, 2.45) is 5.92 Å². The molecule has 0 radical (unpaired) electrons. The molecule has 1 N–H and O–H groups in total. The minimum Gasteiger partial charge on any atom is -0.497 e. The summed E-state index contributed by atoms with van der Waals surface area (Å²) in [7, 11) is 4.91. The van der Waals surface area contributed by atoms with E-state index in [1.54, 1.807) is 27.4 Å². The molecular formula is C17H26O4. The van der Waals surface area contributed by atoms with E-state index in [4.69, 9.17) is 14.2 Å². The molecule has 0 aliphatic heterocycles. The van der Waals surface area contributed by atoms with Gasteiger partial charge in [-0.3, -0.25) is 0 Å². The van der Waals surface area contributed by atoms with Crippen LogP contribution in [0.15, 0.2) is 18.2 Å². The van der Waals surface area contributed by atoms with E-state index in [-0.39, 0.29) is 0 Å². The molecule has 0 amide bonds. The Labute approximate surface area is 127 Å². The minimum absolute atomic E-state index is 0.528. The van der Waals surface area contributed by atoms with Gasteiger partial charge in [0.2, 0.25) is 0 Å². The number of benzene rings is 1. The Bertz CT molecular complexity index is 474. The second-order valence-corrected chi connectivity index (χ2v) is 5.98. The van der Waals surface area contributed by atoms with Gasteiger partial charge in [-0.1, -0.05) is 19.8 Å². The smallest absolute Gasteiger partial charge is 0.128 e. The highest BCUT2D eigenvalue weighted by atomic mass is 16.5. The number of aliphatic hydroxyl groups is 1. The van der Waals surface area contributed by atoms with Crippen LogP contribution in [0.4, 0.5) is 0 Å².